The van der Waals surface area contributed by atoms with Gasteiger partial charge in [-0.3, -0.25) is 9.78 Å². The Kier molecular flexibility index (Phi) is 3.75. The van der Waals surface area contributed by atoms with Crippen molar-refractivity contribution in [2.45, 2.75) is 33.6 Å². The van der Waals surface area contributed by atoms with Crippen molar-refractivity contribution in [2.75, 3.05) is 0 Å². The molecule has 2 rings (SSSR count). The first-order chi connectivity index (χ1) is 8.56. The lowest BCUT2D eigenvalue weighted by molar-refractivity contribution is -0.121. The van der Waals surface area contributed by atoms with Crippen molar-refractivity contribution in [3.63, 3.8) is 0 Å². The fourth-order valence-corrected chi connectivity index (χ4v) is 1.99. The molecule has 0 radical (unpaired) electrons. The van der Waals surface area contributed by atoms with Crippen LogP contribution in [-0.2, 0) is 11.2 Å². The Hall–Kier alpha value is -1.70. The van der Waals surface area contributed by atoms with E-state index in [1.54, 1.807) is 0 Å². The Morgan fingerprint density at radius 1 is 1.22 bits per heavy atom. The second-order valence-electron chi connectivity index (χ2n) is 5.10. The van der Waals surface area contributed by atoms with Crippen molar-refractivity contribution in [1.29, 1.82) is 0 Å². The molecular formula is C16H19NO. The zero-order valence-corrected chi connectivity index (χ0v) is 11.2. The molecule has 0 aliphatic heterocycles. The van der Waals surface area contributed by atoms with Gasteiger partial charge in [0, 0.05) is 23.4 Å². The maximum Gasteiger partial charge on any atom is 0.135 e. The van der Waals surface area contributed by atoms with E-state index in [2.05, 4.69) is 23.2 Å². The summed E-state index contributed by atoms with van der Waals surface area (Å²) in [5, 5.41) is 1.15. The molecule has 2 aromatic rings. The number of hydrogen-bond donors (Lipinski definition) is 0. The van der Waals surface area contributed by atoms with Gasteiger partial charge in [-0.1, -0.05) is 26.0 Å². The Balaban J connectivity index is 2.15. The zero-order chi connectivity index (χ0) is 13.1. The molecule has 1 aromatic carbocycles. The van der Waals surface area contributed by atoms with E-state index in [9.17, 15) is 4.79 Å². The third-order valence-electron chi connectivity index (χ3n) is 3.20. The van der Waals surface area contributed by atoms with E-state index in [0.29, 0.717) is 12.2 Å². The van der Waals surface area contributed by atoms with Gasteiger partial charge in [-0.05, 0) is 37.1 Å². The van der Waals surface area contributed by atoms with Crippen molar-refractivity contribution in [3.05, 3.63) is 41.6 Å². The molecule has 0 aliphatic carbocycles. The van der Waals surface area contributed by atoms with Gasteiger partial charge >= 0.3 is 0 Å². The monoisotopic (exact) mass is 241 g/mol. The number of aromatic nitrogens is 1. The number of aryl methyl sites for hydroxylation is 2. The summed E-state index contributed by atoms with van der Waals surface area (Å²) in [6, 6.07) is 10.4. The van der Waals surface area contributed by atoms with Crippen LogP contribution in [0.15, 0.2) is 30.3 Å². The quantitative estimate of drug-likeness (QED) is 0.817. The van der Waals surface area contributed by atoms with E-state index in [0.717, 1.165) is 23.0 Å². The van der Waals surface area contributed by atoms with Gasteiger partial charge in [0.1, 0.15) is 5.78 Å². The highest BCUT2D eigenvalue weighted by molar-refractivity contribution is 5.81. The van der Waals surface area contributed by atoms with E-state index < -0.39 is 0 Å². The highest BCUT2D eigenvalue weighted by Crippen LogP contribution is 2.16. The van der Waals surface area contributed by atoms with Crippen molar-refractivity contribution < 1.29 is 4.79 Å². The van der Waals surface area contributed by atoms with Gasteiger partial charge in [0.15, 0.2) is 0 Å². The molecule has 1 aromatic heterocycles. The molecule has 0 fully saturated rings. The van der Waals surface area contributed by atoms with Gasteiger partial charge in [-0.25, -0.2) is 0 Å². The zero-order valence-electron chi connectivity index (χ0n) is 11.2. The normalized spacial score (nSPS) is 11.1. The molecule has 0 atom stereocenters. The Bertz CT molecular complexity index is 572. The molecule has 0 aliphatic rings. The molecule has 0 unspecified atom stereocenters. The summed E-state index contributed by atoms with van der Waals surface area (Å²) < 4.78 is 0. The van der Waals surface area contributed by atoms with Crippen LogP contribution < -0.4 is 0 Å². The lowest BCUT2D eigenvalue weighted by Gasteiger charge is -2.05. The standard InChI is InChI=1S/C16H19NO/c1-11(2)16(18)9-6-13-5-8-15-14(10-13)7-4-12(3)17-15/h4-5,7-8,10-11H,6,9H2,1-3H3. The average Bonchev–Trinajstić information content (AvgIpc) is 2.35. The highest BCUT2D eigenvalue weighted by Gasteiger charge is 2.07. The molecule has 94 valence electrons. The number of ketones is 1. The van der Waals surface area contributed by atoms with Crippen molar-refractivity contribution in [3.8, 4) is 0 Å². The van der Waals surface area contributed by atoms with E-state index in [1.807, 2.05) is 32.9 Å². The minimum absolute atomic E-state index is 0.134. The number of rotatable bonds is 4. The van der Waals surface area contributed by atoms with E-state index in [1.165, 1.54) is 5.56 Å². The van der Waals surface area contributed by atoms with Gasteiger partial charge in [0.05, 0.1) is 5.52 Å². The third-order valence-corrected chi connectivity index (χ3v) is 3.20. The SMILES string of the molecule is Cc1ccc2cc(CCC(=O)C(C)C)ccc2n1. The Labute approximate surface area is 108 Å². The van der Waals surface area contributed by atoms with Crippen LogP contribution in [0.5, 0.6) is 0 Å². The molecular weight excluding hydrogens is 222 g/mol. The van der Waals surface area contributed by atoms with Gasteiger partial charge in [-0.2, -0.15) is 0 Å². The first-order valence-electron chi connectivity index (χ1n) is 6.45. The van der Waals surface area contributed by atoms with Gasteiger partial charge in [0.25, 0.3) is 0 Å². The third kappa shape index (κ3) is 2.95. The van der Waals surface area contributed by atoms with Gasteiger partial charge < -0.3 is 0 Å². The lowest BCUT2D eigenvalue weighted by Crippen LogP contribution is -2.07. The van der Waals surface area contributed by atoms with E-state index in [-0.39, 0.29) is 5.92 Å². The van der Waals surface area contributed by atoms with Gasteiger partial charge in [-0.15, -0.1) is 0 Å². The summed E-state index contributed by atoms with van der Waals surface area (Å²) in [6.45, 7) is 5.90. The van der Waals surface area contributed by atoms with Crippen molar-refractivity contribution in [2.24, 2.45) is 5.92 Å². The molecule has 0 saturated heterocycles. The minimum Gasteiger partial charge on any atom is -0.299 e. The largest absolute Gasteiger partial charge is 0.299 e. The molecule has 0 spiro atoms. The average molecular weight is 241 g/mol. The number of Topliss-reactive ketones (excluding diaryl/α,β-unsaturated/α-hetero) is 1. The van der Waals surface area contributed by atoms with Crippen LogP contribution in [0.2, 0.25) is 0 Å². The summed E-state index contributed by atoms with van der Waals surface area (Å²) in [6.07, 6.45) is 1.45. The summed E-state index contributed by atoms with van der Waals surface area (Å²) in [7, 11) is 0. The number of pyridine rings is 1. The number of carbonyl (C=O) groups excluding carboxylic acids is 1. The smallest absolute Gasteiger partial charge is 0.135 e. The predicted molar refractivity (Wildman–Crippen MR) is 74.6 cm³/mol. The molecule has 0 saturated carbocycles. The van der Waals surface area contributed by atoms with Crippen LogP contribution in [-0.4, -0.2) is 10.8 Å². The molecule has 2 nitrogen and oxygen atoms in total. The van der Waals surface area contributed by atoms with E-state index >= 15 is 0 Å². The molecule has 1 heterocycles. The maximum absolute atomic E-state index is 11.6. The minimum atomic E-state index is 0.134. The highest BCUT2D eigenvalue weighted by atomic mass is 16.1. The Morgan fingerprint density at radius 2 is 2.00 bits per heavy atom. The van der Waals surface area contributed by atoms with E-state index in [4.69, 9.17) is 0 Å². The van der Waals surface area contributed by atoms with Crippen LogP contribution in [0.4, 0.5) is 0 Å². The molecule has 0 amide bonds. The predicted octanol–water partition coefficient (Wildman–Crippen LogP) is 3.70. The van der Waals surface area contributed by atoms with Crippen LogP contribution in [0.25, 0.3) is 10.9 Å². The van der Waals surface area contributed by atoms with Crippen molar-refractivity contribution in [1.82, 2.24) is 4.98 Å². The van der Waals surface area contributed by atoms with Crippen LogP contribution >= 0.6 is 0 Å². The first-order valence-corrected chi connectivity index (χ1v) is 6.45. The fourth-order valence-electron chi connectivity index (χ4n) is 1.99. The van der Waals surface area contributed by atoms with Crippen LogP contribution in [0, 0.1) is 12.8 Å². The Morgan fingerprint density at radius 3 is 2.72 bits per heavy atom. The first kappa shape index (κ1) is 12.7. The van der Waals surface area contributed by atoms with Crippen LogP contribution in [0.3, 0.4) is 0 Å². The summed E-state index contributed by atoms with van der Waals surface area (Å²) in [4.78, 5) is 16.1. The van der Waals surface area contributed by atoms with Gasteiger partial charge in [0.2, 0.25) is 0 Å². The number of hydrogen-bond acceptors (Lipinski definition) is 2. The molecule has 18 heavy (non-hydrogen) atoms. The number of nitrogens with zero attached hydrogens (tertiary/aromatic N) is 1. The summed E-state index contributed by atoms with van der Waals surface area (Å²) >= 11 is 0. The topological polar surface area (TPSA) is 30.0 Å². The fraction of sp³-hybridized carbons (Fsp3) is 0.375. The number of fused-ring (bicyclic) bond motifs is 1. The lowest BCUT2D eigenvalue weighted by atomic mass is 10.00. The number of benzene rings is 1. The second kappa shape index (κ2) is 5.30. The molecule has 0 bridgehead atoms. The van der Waals surface area contributed by atoms with Crippen molar-refractivity contribution >= 4 is 16.7 Å². The summed E-state index contributed by atoms with van der Waals surface area (Å²) in [5.41, 5.74) is 3.27. The maximum atomic E-state index is 11.6. The molecule has 2 heteroatoms. The second-order valence-corrected chi connectivity index (χ2v) is 5.10. The molecule has 0 N–H and O–H groups in total. The van der Waals surface area contributed by atoms with Crippen LogP contribution in [0.1, 0.15) is 31.5 Å². The number of carbonyl (C=O) groups is 1. The summed E-state index contributed by atoms with van der Waals surface area (Å²) in [5.74, 6) is 0.465.